The van der Waals surface area contributed by atoms with E-state index in [1.807, 2.05) is 6.07 Å². The first-order valence-corrected chi connectivity index (χ1v) is 24.4. The van der Waals surface area contributed by atoms with E-state index in [1.54, 1.807) is 54.7 Å². The zero-order chi connectivity index (χ0) is 53.5. The molecule has 0 saturated carbocycles. The molecule has 2 aliphatic rings. The number of aliphatic hydroxyl groups is 2. The molecule has 25 heteroatoms. The molecule has 2 aliphatic heterocycles. The molecule has 8 amide bonds. The number of likely N-dealkylation sites (tertiary alicyclic amines) is 2. The molecular formula is C49H65N13O12. The Morgan fingerprint density at radius 3 is 2.09 bits per heavy atom. The number of nitrogens with zero attached hydrogens (tertiary/aromatic N) is 3. The van der Waals surface area contributed by atoms with Crippen molar-refractivity contribution in [3.63, 3.8) is 0 Å². The minimum absolute atomic E-state index is 0.0685. The van der Waals surface area contributed by atoms with Crippen LogP contribution >= 0.6 is 0 Å². The smallest absolute Gasteiger partial charge is 0.326 e. The van der Waals surface area contributed by atoms with Crippen LogP contribution in [-0.2, 0) is 62.4 Å². The number of primary amides is 1. The number of fused-ring (bicyclic) bond motifs is 1. The lowest BCUT2D eigenvalue weighted by molar-refractivity contribution is -0.144. The number of para-hydroxylation sites is 1. The van der Waals surface area contributed by atoms with Crippen molar-refractivity contribution in [3.8, 4) is 0 Å². The molecule has 398 valence electrons. The Morgan fingerprint density at radius 1 is 0.743 bits per heavy atom. The fraction of sp³-hybridized carbons (Fsp3) is 0.469. The van der Waals surface area contributed by atoms with E-state index in [-0.39, 0.29) is 58.2 Å². The highest BCUT2D eigenvalue weighted by atomic mass is 16.4. The number of H-pyrrole nitrogens is 2. The van der Waals surface area contributed by atoms with Crippen LogP contribution in [0, 0.1) is 0 Å². The summed E-state index contributed by atoms with van der Waals surface area (Å²) in [5, 5.41) is 44.5. The Bertz CT molecular complexity index is 2610. The standard InChI is InChI=1S/C49H65N13O12/c50-15-7-6-13-34(56-45(69)39-14-8-16-61(39)47(71)32(51)19-29-23-53-26-55-29)48(72)62-24-30(64)20-40(62)46(70)58-36(21-41(52)65)43(67)60-38(25-63)44(68)57-35(17-27-9-2-1-3-10-27)42(66)59-37(49(73)74)18-28-22-54-33-12-5-4-11-31(28)33/h1-5,9-12,22-23,26,30,32,34-40,54,63-64H,6-8,13-21,24-25,50-51H2,(H2,52,65)(H,53,55)(H,56,69)(H,57,68)(H,58,70)(H,59,66)(H,60,67)(H,73,74)/t30-,32+,34+,35-,36+,37+,38+,39+,40+/m1/s1. The number of benzene rings is 2. The predicted octanol–water partition coefficient (Wildman–Crippen LogP) is -3.30. The van der Waals surface area contributed by atoms with E-state index in [0.29, 0.717) is 36.1 Å². The molecule has 0 radical (unpaired) electrons. The summed E-state index contributed by atoms with van der Waals surface area (Å²) < 4.78 is 0. The highest BCUT2D eigenvalue weighted by Crippen LogP contribution is 2.24. The lowest BCUT2D eigenvalue weighted by atomic mass is 10.0. The summed E-state index contributed by atoms with van der Waals surface area (Å²) in [6.45, 7) is -0.887. The van der Waals surface area contributed by atoms with Crippen LogP contribution in [0.3, 0.4) is 0 Å². The number of carboxylic acids is 1. The fourth-order valence-electron chi connectivity index (χ4n) is 9.23. The topological polar surface area (TPSA) is 403 Å². The van der Waals surface area contributed by atoms with Crippen LogP contribution in [0.1, 0.15) is 61.8 Å². The number of carboxylic acid groups (broad SMARTS) is 1. The molecule has 2 fully saturated rings. The van der Waals surface area contributed by atoms with Crippen LogP contribution in [0.25, 0.3) is 10.9 Å². The number of carbonyl (C=O) groups excluding carboxylic acids is 8. The van der Waals surface area contributed by atoms with E-state index in [0.717, 1.165) is 15.8 Å². The van der Waals surface area contributed by atoms with Crippen molar-refractivity contribution < 1.29 is 58.5 Å². The third-order valence-electron chi connectivity index (χ3n) is 13.1. The van der Waals surface area contributed by atoms with Crippen LogP contribution in [0.15, 0.2) is 73.3 Å². The third kappa shape index (κ3) is 14.7. The highest BCUT2D eigenvalue weighted by Gasteiger charge is 2.44. The molecule has 0 spiro atoms. The van der Waals surface area contributed by atoms with Gasteiger partial charge in [-0.05, 0) is 55.8 Å². The Labute approximate surface area is 425 Å². The number of nitrogens with two attached hydrogens (primary N) is 3. The molecule has 74 heavy (non-hydrogen) atoms. The quantitative estimate of drug-likeness (QED) is 0.0274. The second kappa shape index (κ2) is 26.3. The monoisotopic (exact) mass is 1030 g/mol. The van der Waals surface area contributed by atoms with Crippen LogP contribution < -0.4 is 43.8 Å². The Hall–Kier alpha value is -7.74. The number of aromatic nitrogens is 3. The van der Waals surface area contributed by atoms with Crippen molar-refractivity contribution in [2.75, 3.05) is 26.2 Å². The first-order chi connectivity index (χ1) is 35.5. The van der Waals surface area contributed by atoms with Crippen molar-refractivity contribution in [1.82, 2.24) is 51.3 Å². The van der Waals surface area contributed by atoms with Gasteiger partial charge < -0.3 is 78.9 Å². The van der Waals surface area contributed by atoms with E-state index >= 15 is 0 Å². The van der Waals surface area contributed by atoms with E-state index < -0.39 is 121 Å². The molecule has 9 atom stereocenters. The Kier molecular flexibility index (Phi) is 19.7. The number of aromatic amines is 2. The van der Waals surface area contributed by atoms with Crippen molar-refractivity contribution in [2.45, 2.75) is 119 Å². The number of rotatable bonds is 26. The van der Waals surface area contributed by atoms with Gasteiger partial charge in [-0.25, -0.2) is 9.78 Å². The molecule has 2 saturated heterocycles. The molecular weight excluding hydrogens is 963 g/mol. The van der Waals surface area contributed by atoms with Crippen LogP contribution in [0.5, 0.6) is 0 Å². The van der Waals surface area contributed by atoms with Gasteiger partial charge >= 0.3 is 5.97 Å². The third-order valence-corrected chi connectivity index (χ3v) is 13.1. The van der Waals surface area contributed by atoms with Crippen molar-refractivity contribution >= 4 is 64.1 Å². The van der Waals surface area contributed by atoms with E-state index in [1.165, 1.54) is 17.4 Å². The zero-order valence-corrected chi connectivity index (χ0v) is 40.6. The van der Waals surface area contributed by atoms with Crippen LogP contribution in [-0.4, -0.2) is 174 Å². The first-order valence-electron chi connectivity index (χ1n) is 24.4. The maximum Gasteiger partial charge on any atom is 0.326 e. The van der Waals surface area contributed by atoms with Crippen LogP contribution in [0.4, 0.5) is 0 Å². The lowest BCUT2D eigenvalue weighted by Crippen LogP contribution is -2.61. The lowest BCUT2D eigenvalue weighted by Gasteiger charge is -2.31. The van der Waals surface area contributed by atoms with E-state index in [2.05, 4.69) is 41.5 Å². The highest BCUT2D eigenvalue weighted by molar-refractivity contribution is 5.99. The maximum absolute atomic E-state index is 14.4. The van der Waals surface area contributed by atoms with Crippen molar-refractivity contribution in [2.24, 2.45) is 17.2 Å². The molecule has 16 N–H and O–H groups in total. The minimum Gasteiger partial charge on any atom is -0.480 e. The second-order valence-corrected chi connectivity index (χ2v) is 18.5. The van der Waals surface area contributed by atoms with E-state index in [9.17, 15) is 58.5 Å². The number of aliphatic hydroxyl groups excluding tert-OH is 2. The predicted molar refractivity (Wildman–Crippen MR) is 264 cm³/mol. The average Bonchev–Trinajstić information content (AvgIpc) is 4.23. The van der Waals surface area contributed by atoms with E-state index in [4.69, 9.17) is 17.2 Å². The molecule has 2 aromatic heterocycles. The van der Waals surface area contributed by atoms with Gasteiger partial charge in [0.2, 0.25) is 47.3 Å². The largest absolute Gasteiger partial charge is 0.480 e. The van der Waals surface area contributed by atoms with Crippen molar-refractivity contribution in [1.29, 1.82) is 0 Å². The minimum atomic E-state index is -1.80. The summed E-state index contributed by atoms with van der Waals surface area (Å²) in [6.07, 6.45) is 3.81. The molecule has 6 rings (SSSR count). The number of imidazole rings is 1. The molecule has 0 aliphatic carbocycles. The number of carbonyl (C=O) groups is 9. The SMILES string of the molecule is NCCCC[C@H](NC(=O)[C@@H]1CCCN1C(=O)[C@@H](N)Cc1cnc[nH]1)C(=O)N1C[C@H](O)C[C@H]1C(=O)N[C@@H](CC(N)=O)C(=O)N[C@@H](CO)C(=O)N[C@H](Cc1ccccc1)C(=O)N[C@@H](Cc1c[nH]c2ccccc12)C(=O)O. The number of unbranched alkanes of at least 4 members (excludes halogenated alkanes) is 1. The van der Waals surface area contributed by atoms with Gasteiger partial charge in [-0.2, -0.15) is 0 Å². The summed E-state index contributed by atoms with van der Waals surface area (Å²) in [6, 6.07) is 4.50. The van der Waals surface area contributed by atoms with Gasteiger partial charge in [-0.15, -0.1) is 0 Å². The van der Waals surface area contributed by atoms with Gasteiger partial charge in [0.15, 0.2) is 0 Å². The van der Waals surface area contributed by atoms with Gasteiger partial charge in [-0.1, -0.05) is 48.5 Å². The van der Waals surface area contributed by atoms with Crippen LogP contribution in [0.2, 0.25) is 0 Å². The number of β-amino-alcohol motifs (C(OH)–C–C–N with tert-alkyl or cyclic N) is 1. The summed E-state index contributed by atoms with van der Waals surface area (Å²) in [5.74, 6) is -8.45. The number of aliphatic carboxylic acids is 1. The molecule has 0 bridgehead atoms. The number of hydrogen-bond donors (Lipinski definition) is 13. The van der Waals surface area contributed by atoms with Crippen molar-refractivity contribution in [3.05, 3.63) is 90.1 Å². The van der Waals surface area contributed by atoms with Gasteiger partial charge in [0, 0.05) is 67.8 Å². The normalized spacial score (nSPS) is 18.8. The first kappa shape index (κ1) is 55.6. The summed E-state index contributed by atoms with van der Waals surface area (Å²) in [4.78, 5) is 134. The number of hydrogen-bond acceptors (Lipinski definition) is 14. The number of amides is 8. The van der Waals surface area contributed by atoms with Gasteiger partial charge in [0.25, 0.3) is 0 Å². The second-order valence-electron chi connectivity index (χ2n) is 18.5. The number of nitrogens with one attached hydrogen (secondary N) is 7. The van der Waals surface area contributed by atoms with Gasteiger partial charge in [0.1, 0.15) is 42.3 Å². The summed E-state index contributed by atoms with van der Waals surface area (Å²) in [5.41, 5.74) is 20.0. The Balaban J connectivity index is 1.13. The molecule has 25 nitrogen and oxygen atoms in total. The summed E-state index contributed by atoms with van der Waals surface area (Å²) in [7, 11) is 0. The molecule has 4 aromatic rings. The summed E-state index contributed by atoms with van der Waals surface area (Å²) >= 11 is 0. The maximum atomic E-state index is 14.4. The fourth-order valence-corrected chi connectivity index (χ4v) is 9.23. The molecule has 0 unspecified atom stereocenters. The molecule has 4 heterocycles. The average molecular weight is 1030 g/mol. The Morgan fingerprint density at radius 2 is 1.41 bits per heavy atom. The zero-order valence-electron chi connectivity index (χ0n) is 40.6. The van der Waals surface area contributed by atoms with Gasteiger partial charge in [-0.3, -0.25) is 38.4 Å². The van der Waals surface area contributed by atoms with Gasteiger partial charge in [0.05, 0.1) is 31.5 Å². The molecule has 2 aromatic carbocycles.